The quantitative estimate of drug-likeness (QED) is 0.346. The number of ether oxygens (including phenoxy) is 1. The maximum absolute atomic E-state index is 13.6. The summed E-state index contributed by atoms with van der Waals surface area (Å²) in [6.45, 7) is 6.71. The van der Waals surface area contributed by atoms with E-state index in [1.807, 2.05) is 93.6 Å². The van der Waals surface area contributed by atoms with Gasteiger partial charge in [0.2, 0.25) is 5.91 Å². The lowest BCUT2D eigenvalue weighted by Gasteiger charge is -2.31. The average molecular weight is 537 g/mol. The third kappa shape index (κ3) is 7.96. The predicted octanol–water partition coefficient (Wildman–Crippen LogP) is 5.61. The maximum Gasteiger partial charge on any atom is 0.261 e. The number of nitrogens with zero attached hydrogens (tertiary/aromatic N) is 1. The van der Waals surface area contributed by atoms with E-state index in [0.29, 0.717) is 25.3 Å². The molecule has 35 heavy (non-hydrogen) atoms. The lowest BCUT2D eigenvalue weighted by molar-refractivity contribution is -0.142. The Hall–Kier alpha value is -3.12. The molecule has 184 valence electrons. The predicted molar refractivity (Wildman–Crippen MR) is 143 cm³/mol. The van der Waals surface area contributed by atoms with E-state index in [0.717, 1.165) is 33.1 Å². The summed E-state index contributed by atoms with van der Waals surface area (Å²) >= 11 is 3.46. The second-order valence-corrected chi connectivity index (χ2v) is 9.62. The van der Waals surface area contributed by atoms with Crippen molar-refractivity contribution in [3.8, 4) is 5.75 Å². The maximum atomic E-state index is 13.6. The van der Waals surface area contributed by atoms with E-state index >= 15 is 0 Å². The van der Waals surface area contributed by atoms with Crippen LogP contribution in [0.25, 0.3) is 0 Å². The smallest absolute Gasteiger partial charge is 0.261 e. The van der Waals surface area contributed by atoms with Gasteiger partial charge in [-0.2, -0.15) is 0 Å². The van der Waals surface area contributed by atoms with Gasteiger partial charge in [0.15, 0.2) is 6.61 Å². The van der Waals surface area contributed by atoms with Crippen molar-refractivity contribution in [1.29, 1.82) is 0 Å². The van der Waals surface area contributed by atoms with E-state index in [-0.39, 0.29) is 18.4 Å². The Labute approximate surface area is 216 Å². The Morgan fingerprint density at radius 1 is 0.971 bits per heavy atom. The van der Waals surface area contributed by atoms with Crippen LogP contribution >= 0.6 is 15.9 Å². The highest BCUT2D eigenvalue weighted by Crippen LogP contribution is 2.20. The minimum atomic E-state index is -0.664. The Balaban J connectivity index is 1.89. The van der Waals surface area contributed by atoms with E-state index in [1.165, 1.54) is 0 Å². The molecule has 0 aliphatic carbocycles. The van der Waals surface area contributed by atoms with Gasteiger partial charge >= 0.3 is 0 Å². The molecule has 0 unspecified atom stereocenters. The van der Waals surface area contributed by atoms with Gasteiger partial charge in [-0.05, 0) is 55.2 Å². The minimum Gasteiger partial charge on any atom is -0.483 e. The van der Waals surface area contributed by atoms with Crippen LogP contribution in [0.2, 0.25) is 0 Å². The van der Waals surface area contributed by atoms with Crippen molar-refractivity contribution < 1.29 is 14.3 Å². The number of aryl methyl sites for hydroxylation is 2. The number of benzene rings is 3. The molecule has 2 amide bonds. The number of hydrogen-bond donors (Lipinski definition) is 1. The summed E-state index contributed by atoms with van der Waals surface area (Å²) in [5.41, 5.74) is 4.04. The van der Waals surface area contributed by atoms with Crippen molar-refractivity contribution in [2.24, 2.45) is 0 Å². The molecule has 0 saturated heterocycles. The lowest BCUT2D eigenvalue weighted by Crippen LogP contribution is -2.51. The zero-order valence-electron chi connectivity index (χ0n) is 20.6. The number of hydrogen-bond acceptors (Lipinski definition) is 3. The van der Waals surface area contributed by atoms with E-state index < -0.39 is 6.04 Å². The largest absolute Gasteiger partial charge is 0.483 e. The first-order chi connectivity index (χ1) is 16.9. The third-order valence-electron chi connectivity index (χ3n) is 5.77. The number of nitrogens with one attached hydrogen (secondary N) is 1. The molecule has 3 aromatic carbocycles. The van der Waals surface area contributed by atoms with Crippen molar-refractivity contribution in [3.05, 3.63) is 99.5 Å². The van der Waals surface area contributed by atoms with E-state index in [2.05, 4.69) is 21.2 Å². The fraction of sp³-hybridized carbons (Fsp3) is 0.310. The molecule has 0 radical (unpaired) electrons. The van der Waals surface area contributed by atoms with E-state index in [4.69, 9.17) is 4.74 Å². The number of carbonyl (C=O) groups is 2. The van der Waals surface area contributed by atoms with Crippen LogP contribution < -0.4 is 10.1 Å². The Kier molecular flexibility index (Phi) is 9.91. The standard InChI is InChI=1S/C29H33BrN2O3/c1-4-16-31-29(34)26(18-23-8-6-5-7-9-23)32(19-24-11-13-25(30)14-12-24)28(33)20-35-27-15-10-21(2)17-22(27)3/h5-15,17,26H,4,16,18-20H2,1-3H3,(H,31,34)/t26-/m0/s1. The summed E-state index contributed by atoms with van der Waals surface area (Å²) in [5.74, 6) is 0.274. The second-order valence-electron chi connectivity index (χ2n) is 8.70. The molecule has 0 aromatic heterocycles. The molecule has 0 spiro atoms. The molecular formula is C29H33BrN2O3. The first kappa shape index (κ1) is 26.5. The normalized spacial score (nSPS) is 11.5. The molecule has 0 aliphatic heterocycles. The molecule has 3 rings (SSSR count). The summed E-state index contributed by atoms with van der Waals surface area (Å²) in [4.78, 5) is 28.5. The van der Waals surface area contributed by atoms with Gasteiger partial charge in [0.1, 0.15) is 11.8 Å². The van der Waals surface area contributed by atoms with E-state index in [1.54, 1.807) is 4.90 Å². The molecule has 0 aliphatic rings. The molecule has 1 N–H and O–H groups in total. The van der Waals surface area contributed by atoms with Crippen molar-refractivity contribution in [2.45, 2.75) is 46.2 Å². The second kappa shape index (κ2) is 13.1. The van der Waals surface area contributed by atoms with Crippen LogP contribution in [0.4, 0.5) is 0 Å². The number of amides is 2. The molecule has 0 heterocycles. The highest BCUT2D eigenvalue weighted by Gasteiger charge is 2.30. The fourth-order valence-electron chi connectivity index (χ4n) is 3.89. The number of halogens is 1. The summed E-state index contributed by atoms with van der Waals surface area (Å²) in [7, 11) is 0. The monoisotopic (exact) mass is 536 g/mol. The first-order valence-electron chi connectivity index (χ1n) is 11.9. The molecule has 5 nitrogen and oxygen atoms in total. The minimum absolute atomic E-state index is 0.146. The van der Waals surface area contributed by atoms with Crippen LogP contribution in [-0.2, 0) is 22.6 Å². The molecule has 0 fully saturated rings. The Morgan fingerprint density at radius 2 is 1.69 bits per heavy atom. The van der Waals surface area contributed by atoms with Gasteiger partial charge in [-0.15, -0.1) is 0 Å². The molecular weight excluding hydrogens is 504 g/mol. The van der Waals surface area contributed by atoms with Gasteiger partial charge in [-0.3, -0.25) is 9.59 Å². The zero-order chi connectivity index (χ0) is 25.2. The van der Waals surface area contributed by atoms with Crippen LogP contribution in [0.5, 0.6) is 5.75 Å². The molecule has 0 saturated carbocycles. The first-order valence-corrected chi connectivity index (χ1v) is 12.7. The van der Waals surface area contributed by atoms with Gasteiger partial charge < -0.3 is 15.0 Å². The fourth-order valence-corrected chi connectivity index (χ4v) is 4.15. The van der Waals surface area contributed by atoms with Crippen LogP contribution in [0, 0.1) is 13.8 Å². The van der Waals surface area contributed by atoms with Crippen LogP contribution in [0.1, 0.15) is 35.6 Å². The van der Waals surface area contributed by atoms with E-state index in [9.17, 15) is 9.59 Å². The lowest BCUT2D eigenvalue weighted by atomic mass is 10.0. The number of carbonyl (C=O) groups excluding carboxylic acids is 2. The van der Waals surface area contributed by atoms with Gasteiger partial charge in [0, 0.05) is 24.0 Å². The molecule has 1 atom stereocenters. The highest BCUT2D eigenvalue weighted by atomic mass is 79.9. The van der Waals surface area contributed by atoms with Gasteiger partial charge in [0.05, 0.1) is 0 Å². The van der Waals surface area contributed by atoms with Crippen LogP contribution in [-0.4, -0.2) is 35.9 Å². The molecule has 3 aromatic rings. The van der Waals surface area contributed by atoms with Crippen LogP contribution in [0.15, 0.2) is 77.3 Å². The summed E-state index contributed by atoms with van der Waals surface area (Å²) in [5, 5.41) is 2.99. The number of rotatable bonds is 11. The molecule has 0 bridgehead atoms. The van der Waals surface area contributed by atoms with Gasteiger partial charge in [-0.25, -0.2) is 0 Å². The highest BCUT2D eigenvalue weighted by molar-refractivity contribution is 9.10. The Morgan fingerprint density at radius 3 is 2.34 bits per heavy atom. The summed E-state index contributed by atoms with van der Waals surface area (Å²) < 4.78 is 6.88. The SMILES string of the molecule is CCCNC(=O)[C@H](Cc1ccccc1)N(Cc1ccc(Br)cc1)C(=O)COc1ccc(C)cc1C. The van der Waals surface area contributed by atoms with Crippen molar-refractivity contribution in [3.63, 3.8) is 0 Å². The van der Waals surface area contributed by atoms with Crippen molar-refractivity contribution >= 4 is 27.7 Å². The molecule has 6 heteroatoms. The van der Waals surface area contributed by atoms with Crippen molar-refractivity contribution in [1.82, 2.24) is 10.2 Å². The van der Waals surface area contributed by atoms with Gasteiger partial charge in [0.25, 0.3) is 5.91 Å². The average Bonchev–Trinajstić information content (AvgIpc) is 2.85. The van der Waals surface area contributed by atoms with Crippen LogP contribution in [0.3, 0.4) is 0 Å². The summed E-state index contributed by atoms with van der Waals surface area (Å²) in [6.07, 6.45) is 1.24. The summed E-state index contributed by atoms with van der Waals surface area (Å²) in [6, 6.07) is 22.8. The third-order valence-corrected chi connectivity index (χ3v) is 6.30. The van der Waals surface area contributed by atoms with Gasteiger partial charge in [-0.1, -0.05) is 83.0 Å². The van der Waals surface area contributed by atoms with Crippen molar-refractivity contribution in [2.75, 3.05) is 13.2 Å². The Bertz CT molecular complexity index is 1120. The zero-order valence-corrected chi connectivity index (χ0v) is 22.2. The topological polar surface area (TPSA) is 58.6 Å².